The predicted molar refractivity (Wildman–Crippen MR) is 127 cm³/mol. The fourth-order valence-electron chi connectivity index (χ4n) is 3.96. The van der Waals surface area contributed by atoms with Crippen molar-refractivity contribution in [1.82, 2.24) is 14.8 Å². The van der Waals surface area contributed by atoms with Crippen LogP contribution in [0.3, 0.4) is 0 Å². The molecule has 0 bridgehead atoms. The summed E-state index contributed by atoms with van der Waals surface area (Å²) in [7, 11) is 7.22. The van der Waals surface area contributed by atoms with Gasteiger partial charge < -0.3 is 24.3 Å². The number of ether oxygens (including phenoxy) is 2. The Morgan fingerprint density at radius 3 is 2.44 bits per heavy atom. The number of rotatable bonds is 10. The van der Waals surface area contributed by atoms with E-state index in [1.54, 1.807) is 20.3 Å². The van der Waals surface area contributed by atoms with E-state index in [9.17, 15) is 10.1 Å². The Hall–Kier alpha value is -3.08. The summed E-state index contributed by atoms with van der Waals surface area (Å²) in [5, 5.41) is 12.6. The number of nitrogens with zero attached hydrogens (tertiary/aromatic N) is 3. The van der Waals surface area contributed by atoms with E-state index >= 15 is 0 Å². The lowest BCUT2D eigenvalue weighted by Gasteiger charge is -2.25. The summed E-state index contributed by atoms with van der Waals surface area (Å²) in [5.41, 5.74) is 4.04. The molecule has 1 amide bonds. The summed E-state index contributed by atoms with van der Waals surface area (Å²) in [4.78, 5) is 14.8. The molecule has 1 aromatic heterocycles. The van der Waals surface area contributed by atoms with Crippen LogP contribution in [0.15, 0.2) is 35.9 Å². The number of aryl methyl sites for hydroxylation is 1. The predicted octanol–water partition coefficient (Wildman–Crippen LogP) is 3.65. The third kappa shape index (κ3) is 6.00. The van der Waals surface area contributed by atoms with Crippen LogP contribution in [0.5, 0.6) is 5.75 Å². The van der Waals surface area contributed by atoms with Gasteiger partial charge >= 0.3 is 0 Å². The van der Waals surface area contributed by atoms with Gasteiger partial charge in [0.15, 0.2) is 0 Å². The van der Waals surface area contributed by atoms with E-state index in [1.807, 2.05) is 63.2 Å². The molecular weight excluding hydrogens is 404 g/mol. The van der Waals surface area contributed by atoms with Crippen LogP contribution in [-0.4, -0.2) is 56.8 Å². The van der Waals surface area contributed by atoms with Crippen molar-refractivity contribution in [1.29, 1.82) is 5.26 Å². The van der Waals surface area contributed by atoms with Crippen molar-refractivity contribution in [2.45, 2.75) is 32.9 Å². The van der Waals surface area contributed by atoms with E-state index in [0.717, 1.165) is 28.3 Å². The Balaban J connectivity index is 2.19. The third-order valence-electron chi connectivity index (χ3n) is 5.62. The Bertz CT molecular complexity index is 984. The van der Waals surface area contributed by atoms with E-state index in [4.69, 9.17) is 9.47 Å². The van der Waals surface area contributed by atoms with Crippen LogP contribution in [0, 0.1) is 25.2 Å². The van der Waals surface area contributed by atoms with Gasteiger partial charge in [0.05, 0.1) is 25.8 Å². The lowest BCUT2D eigenvalue weighted by atomic mass is 10.1. The largest absolute Gasteiger partial charge is 0.497 e. The highest BCUT2D eigenvalue weighted by Crippen LogP contribution is 2.23. The molecule has 0 aliphatic carbocycles. The number of hydrogen-bond acceptors (Lipinski definition) is 5. The zero-order valence-electron chi connectivity index (χ0n) is 20.1. The van der Waals surface area contributed by atoms with Crippen LogP contribution in [0.2, 0.25) is 0 Å². The molecule has 0 saturated carbocycles. The SMILES string of the molecule is COCC(C)n1c(C)cc(/C=C(/C#N)C(=O)NCC(c2ccc(OC)cc2)N(C)C)c1C. The maximum atomic E-state index is 12.8. The van der Waals surface area contributed by atoms with Gasteiger partial charge in [-0.25, -0.2) is 0 Å². The summed E-state index contributed by atoms with van der Waals surface area (Å²) >= 11 is 0. The van der Waals surface area contributed by atoms with E-state index in [-0.39, 0.29) is 23.6 Å². The van der Waals surface area contributed by atoms with Crippen molar-refractivity contribution < 1.29 is 14.3 Å². The first-order valence-corrected chi connectivity index (χ1v) is 10.6. The maximum absolute atomic E-state index is 12.8. The third-order valence-corrected chi connectivity index (χ3v) is 5.62. The normalized spacial score (nSPS) is 13.5. The molecule has 2 atom stereocenters. The van der Waals surface area contributed by atoms with Crippen molar-refractivity contribution in [2.75, 3.05) is 41.5 Å². The molecule has 2 unspecified atom stereocenters. The molecule has 0 radical (unpaired) electrons. The van der Waals surface area contributed by atoms with Crippen molar-refractivity contribution in [3.05, 3.63) is 58.4 Å². The number of carbonyl (C=O) groups is 1. The van der Waals surface area contributed by atoms with Crippen LogP contribution in [0.25, 0.3) is 6.08 Å². The highest BCUT2D eigenvalue weighted by atomic mass is 16.5. The molecule has 7 heteroatoms. The molecule has 0 aliphatic heterocycles. The quantitative estimate of drug-likeness (QED) is 0.452. The molecule has 2 rings (SSSR count). The second-order valence-corrected chi connectivity index (χ2v) is 8.13. The summed E-state index contributed by atoms with van der Waals surface area (Å²) in [6.45, 7) is 7.04. The standard InChI is InChI=1S/C25H34N4O3/c1-17-12-21(19(3)29(17)18(2)16-31-6)13-22(14-26)25(30)27-15-24(28(4)5)20-8-10-23(32-7)11-9-20/h8-13,18,24H,15-16H2,1-7H3,(H,27,30)/b22-13-. The lowest BCUT2D eigenvalue weighted by Crippen LogP contribution is -2.35. The zero-order chi connectivity index (χ0) is 23.8. The van der Waals surface area contributed by atoms with Gasteiger partial charge in [-0.3, -0.25) is 4.79 Å². The van der Waals surface area contributed by atoms with Crippen molar-refractivity contribution in [2.24, 2.45) is 0 Å². The van der Waals surface area contributed by atoms with E-state index in [2.05, 4.69) is 22.9 Å². The molecule has 1 aromatic carbocycles. The molecule has 0 aliphatic rings. The average Bonchev–Trinajstić information content (AvgIpc) is 3.05. The Labute approximate surface area is 191 Å². The number of amides is 1. The molecule has 172 valence electrons. The number of nitriles is 1. The Kier molecular flexibility index (Phi) is 9.06. The summed E-state index contributed by atoms with van der Waals surface area (Å²) in [6.07, 6.45) is 1.66. The van der Waals surface area contributed by atoms with Gasteiger partial charge in [-0.05, 0) is 70.3 Å². The van der Waals surface area contributed by atoms with Crippen LogP contribution in [0.4, 0.5) is 0 Å². The average molecular weight is 439 g/mol. The molecule has 1 heterocycles. The monoisotopic (exact) mass is 438 g/mol. The molecule has 0 saturated heterocycles. The van der Waals surface area contributed by atoms with Crippen molar-refractivity contribution in [3.8, 4) is 11.8 Å². The minimum Gasteiger partial charge on any atom is -0.497 e. The second kappa shape index (κ2) is 11.5. The maximum Gasteiger partial charge on any atom is 0.262 e. The number of carbonyl (C=O) groups excluding carboxylic acids is 1. The number of nitrogens with one attached hydrogen (secondary N) is 1. The minimum absolute atomic E-state index is 0.0373. The molecular formula is C25H34N4O3. The molecule has 7 nitrogen and oxygen atoms in total. The number of likely N-dealkylation sites (N-methyl/N-ethyl adjacent to an activating group) is 1. The van der Waals surface area contributed by atoms with Crippen LogP contribution in [0.1, 0.15) is 41.5 Å². The van der Waals surface area contributed by atoms with Gasteiger partial charge in [-0.15, -0.1) is 0 Å². The van der Waals surface area contributed by atoms with Crippen LogP contribution in [-0.2, 0) is 9.53 Å². The second-order valence-electron chi connectivity index (χ2n) is 8.13. The van der Waals surface area contributed by atoms with Crippen molar-refractivity contribution >= 4 is 12.0 Å². The first-order chi connectivity index (χ1) is 15.2. The molecule has 0 fully saturated rings. The summed E-state index contributed by atoms with van der Waals surface area (Å²) in [5.74, 6) is 0.394. The Morgan fingerprint density at radius 1 is 1.25 bits per heavy atom. The number of aromatic nitrogens is 1. The molecule has 2 aromatic rings. The smallest absolute Gasteiger partial charge is 0.262 e. The molecule has 0 spiro atoms. The van der Waals surface area contributed by atoms with Gasteiger partial charge in [-0.1, -0.05) is 12.1 Å². The first kappa shape index (κ1) is 25.2. The van der Waals surface area contributed by atoms with Gasteiger partial charge in [-0.2, -0.15) is 5.26 Å². The highest BCUT2D eigenvalue weighted by molar-refractivity contribution is 6.01. The fourth-order valence-corrected chi connectivity index (χ4v) is 3.96. The summed E-state index contributed by atoms with van der Waals surface area (Å²) < 4.78 is 12.7. The molecule has 1 N–H and O–H groups in total. The van der Waals surface area contributed by atoms with E-state index < -0.39 is 0 Å². The number of hydrogen-bond donors (Lipinski definition) is 1. The number of benzene rings is 1. The van der Waals surface area contributed by atoms with Crippen LogP contribution >= 0.6 is 0 Å². The summed E-state index contributed by atoms with van der Waals surface area (Å²) in [6, 6.07) is 11.9. The van der Waals surface area contributed by atoms with Crippen LogP contribution < -0.4 is 10.1 Å². The lowest BCUT2D eigenvalue weighted by molar-refractivity contribution is -0.117. The Morgan fingerprint density at radius 2 is 1.91 bits per heavy atom. The fraction of sp³-hybridized carbons (Fsp3) is 0.440. The van der Waals surface area contributed by atoms with Crippen molar-refractivity contribution in [3.63, 3.8) is 0 Å². The first-order valence-electron chi connectivity index (χ1n) is 10.6. The topological polar surface area (TPSA) is 79.5 Å². The van der Waals surface area contributed by atoms with E-state index in [0.29, 0.717) is 13.2 Å². The van der Waals surface area contributed by atoms with Gasteiger partial charge in [0.25, 0.3) is 5.91 Å². The zero-order valence-corrected chi connectivity index (χ0v) is 20.1. The van der Waals surface area contributed by atoms with Gasteiger partial charge in [0, 0.05) is 25.0 Å². The van der Waals surface area contributed by atoms with E-state index in [1.165, 1.54) is 0 Å². The minimum atomic E-state index is -0.386. The number of methoxy groups -OCH3 is 2. The van der Waals surface area contributed by atoms with Gasteiger partial charge in [0.1, 0.15) is 17.4 Å². The van der Waals surface area contributed by atoms with Gasteiger partial charge in [0.2, 0.25) is 0 Å². The highest BCUT2D eigenvalue weighted by Gasteiger charge is 2.19. The molecule has 32 heavy (non-hydrogen) atoms.